The van der Waals surface area contributed by atoms with E-state index in [-0.39, 0.29) is 5.91 Å². The molecule has 0 saturated carbocycles. The molecule has 174 valence electrons. The minimum atomic E-state index is -0.408. The highest BCUT2D eigenvalue weighted by atomic mass is 16.4. The summed E-state index contributed by atoms with van der Waals surface area (Å²) in [5, 5.41) is 0. The second-order valence-corrected chi connectivity index (χ2v) is 8.82. The van der Waals surface area contributed by atoms with Crippen LogP contribution in [0.1, 0.15) is 47.8 Å². The van der Waals surface area contributed by atoms with Gasteiger partial charge in [-0.3, -0.25) is 4.79 Å². The van der Waals surface area contributed by atoms with E-state index in [1.165, 1.54) is 19.3 Å². The molecule has 0 unspecified atom stereocenters. The van der Waals surface area contributed by atoms with Crippen molar-refractivity contribution in [3.63, 3.8) is 0 Å². The molecular weight excluding hydrogens is 424 g/mol. The second kappa shape index (κ2) is 10.5. The fourth-order valence-electron chi connectivity index (χ4n) is 4.68. The summed E-state index contributed by atoms with van der Waals surface area (Å²) in [6, 6.07) is 27.7. The minimum Gasteiger partial charge on any atom is -0.467 e. The fourth-order valence-corrected chi connectivity index (χ4v) is 4.68. The monoisotopic (exact) mass is 454 g/mol. The number of anilines is 1. The number of benzene rings is 2. The number of rotatable bonds is 8. The third kappa shape index (κ3) is 5.09. The number of carbonyl (C=O) groups is 1. The van der Waals surface area contributed by atoms with E-state index in [1.54, 1.807) is 6.26 Å². The van der Waals surface area contributed by atoms with E-state index >= 15 is 0 Å². The zero-order chi connectivity index (χ0) is 23.2. The van der Waals surface area contributed by atoms with Gasteiger partial charge >= 0.3 is 0 Å². The van der Waals surface area contributed by atoms with Crippen LogP contribution in [0.25, 0.3) is 0 Å². The first-order valence-corrected chi connectivity index (χ1v) is 12.0. The molecular formula is C29H30N2O3. The highest BCUT2D eigenvalue weighted by Crippen LogP contribution is 2.30. The lowest BCUT2D eigenvalue weighted by Gasteiger charge is -2.27. The van der Waals surface area contributed by atoms with Gasteiger partial charge in [-0.2, -0.15) is 0 Å². The summed E-state index contributed by atoms with van der Waals surface area (Å²) in [5.41, 5.74) is 1.94. The molecule has 1 amide bonds. The van der Waals surface area contributed by atoms with Gasteiger partial charge in [-0.15, -0.1) is 0 Å². The Bertz CT molecular complexity index is 1120. The summed E-state index contributed by atoms with van der Waals surface area (Å²) in [4.78, 5) is 18.2. The Morgan fingerprint density at radius 1 is 0.765 bits per heavy atom. The van der Waals surface area contributed by atoms with Crippen molar-refractivity contribution in [2.75, 3.05) is 18.0 Å². The molecule has 0 spiro atoms. The molecule has 1 aliphatic heterocycles. The topological polar surface area (TPSA) is 49.8 Å². The van der Waals surface area contributed by atoms with Gasteiger partial charge in [0.05, 0.1) is 25.3 Å². The lowest BCUT2D eigenvalue weighted by atomic mass is 9.90. The second-order valence-electron chi connectivity index (χ2n) is 8.82. The quantitative estimate of drug-likeness (QED) is 0.317. The van der Waals surface area contributed by atoms with Crippen molar-refractivity contribution < 1.29 is 13.6 Å². The normalized spacial score (nSPS) is 13.9. The molecule has 5 nitrogen and oxygen atoms in total. The van der Waals surface area contributed by atoms with Crippen molar-refractivity contribution in [3.8, 4) is 0 Å². The van der Waals surface area contributed by atoms with E-state index in [4.69, 9.17) is 8.83 Å². The molecule has 1 fully saturated rings. The van der Waals surface area contributed by atoms with Gasteiger partial charge in [0, 0.05) is 19.2 Å². The molecule has 1 aliphatic rings. The first kappa shape index (κ1) is 22.1. The number of hydrogen-bond acceptors (Lipinski definition) is 4. The number of piperidine rings is 1. The molecule has 0 N–H and O–H groups in total. The summed E-state index contributed by atoms with van der Waals surface area (Å²) in [7, 11) is 0. The van der Waals surface area contributed by atoms with Gasteiger partial charge < -0.3 is 18.6 Å². The van der Waals surface area contributed by atoms with Gasteiger partial charge in [0.2, 0.25) is 5.91 Å². The maximum atomic E-state index is 14.1. The Balaban J connectivity index is 1.44. The third-order valence-electron chi connectivity index (χ3n) is 6.41. The molecule has 3 heterocycles. The number of amides is 1. The van der Waals surface area contributed by atoms with E-state index in [2.05, 4.69) is 4.90 Å². The van der Waals surface area contributed by atoms with Gasteiger partial charge in [-0.25, -0.2) is 0 Å². The van der Waals surface area contributed by atoms with Crippen LogP contribution >= 0.6 is 0 Å². The van der Waals surface area contributed by atoms with Crippen LogP contribution in [0.4, 0.5) is 5.88 Å². The van der Waals surface area contributed by atoms with Crippen LogP contribution in [0.15, 0.2) is 100 Å². The number of furan rings is 2. The Kier molecular flexibility index (Phi) is 6.80. The maximum absolute atomic E-state index is 14.1. The van der Waals surface area contributed by atoms with E-state index in [0.717, 1.165) is 41.6 Å². The summed E-state index contributed by atoms with van der Waals surface area (Å²) >= 11 is 0. The predicted molar refractivity (Wildman–Crippen MR) is 132 cm³/mol. The summed E-state index contributed by atoms with van der Waals surface area (Å²) in [6.45, 7) is 2.80. The Morgan fingerprint density at radius 3 is 2.03 bits per heavy atom. The standard InChI is InChI=1S/C29H30N2O3/c32-29(28(23-11-4-1-5-12-23)24-13-6-2-7-14-24)31(21-25-15-10-20-33-25)22-26-16-17-27(34-26)30-18-8-3-9-19-30/h1-2,4-7,10-17,20,28H,3,8-9,18-19,21-22H2. The van der Waals surface area contributed by atoms with Crippen molar-refractivity contribution in [2.45, 2.75) is 38.3 Å². The van der Waals surface area contributed by atoms with Gasteiger partial charge in [0.15, 0.2) is 5.88 Å². The van der Waals surface area contributed by atoms with Crippen molar-refractivity contribution in [2.24, 2.45) is 0 Å². The number of hydrogen-bond donors (Lipinski definition) is 0. The summed E-state index contributed by atoms with van der Waals surface area (Å²) in [5.74, 6) is 2.03. The molecule has 0 bridgehead atoms. The Labute approximate surface area is 200 Å². The molecule has 1 saturated heterocycles. The van der Waals surface area contributed by atoms with Crippen LogP contribution in [0.2, 0.25) is 0 Å². The molecule has 5 rings (SSSR count). The first-order valence-electron chi connectivity index (χ1n) is 12.0. The average Bonchev–Trinajstić information content (AvgIpc) is 3.58. The zero-order valence-electron chi connectivity index (χ0n) is 19.3. The van der Waals surface area contributed by atoms with E-state index in [1.807, 2.05) is 89.8 Å². The highest BCUT2D eigenvalue weighted by molar-refractivity contribution is 5.87. The average molecular weight is 455 g/mol. The van der Waals surface area contributed by atoms with Gasteiger partial charge in [0.1, 0.15) is 11.5 Å². The van der Waals surface area contributed by atoms with Crippen LogP contribution in [0.3, 0.4) is 0 Å². The molecule has 2 aromatic carbocycles. The highest BCUT2D eigenvalue weighted by Gasteiger charge is 2.29. The van der Waals surface area contributed by atoms with Gasteiger partial charge in [-0.05, 0) is 48.6 Å². The smallest absolute Gasteiger partial charge is 0.235 e. The molecule has 5 heteroatoms. The predicted octanol–water partition coefficient (Wildman–Crippen LogP) is 6.22. The fraction of sp³-hybridized carbons (Fsp3) is 0.276. The number of nitrogens with zero attached hydrogens (tertiary/aromatic N) is 2. The van der Waals surface area contributed by atoms with E-state index in [0.29, 0.717) is 13.1 Å². The largest absolute Gasteiger partial charge is 0.467 e. The van der Waals surface area contributed by atoms with Crippen LogP contribution in [0.5, 0.6) is 0 Å². The Hall–Kier alpha value is -3.73. The molecule has 2 aromatic heterocycles. The lowest BCUT2D eigenvalue weighted by Crippen LogP contribution is -2.34. The molecule has 0 radical (unpaired) electrons. The number of carbonyl (C=O) groups excluding carboxylic acids is 1. The van der Waals surface area contributed by atoms with Crippen LogP contribution in [0, 0.1) is 0 Å². The van der Waals surface area contributed by atoms with Gasteiger partial charge in [0.25, 0.3) is 0 Å². The van der Waals surface area contributed by atoms with Crippen molar-refractivity contribution in [1.82, 2.24) is 4.90 Å². The first-order chi connectivity index (χ1) is 16.8. The summed E-state index contributed by atoms with van der Waals surface area (Å²) < 4.78 is 11.8. The van der Waals surface area contributed by atoms with Gasteiger partial charge in [-0.1, -0.05) is 60.7 Å². The maximum Gasteiger partial charge on any atom is 0.235 e. The van der Waals surface area contributed by atoms with Crippen molar-refractivity contribution in [3.05, 3.63) is 114 Å². The molecule has 0 aliphatic carbocycles. The van der Waals surface area contributed by atoms with Crippen molar-refractivity contribution in [1.29, 1.82) is 0 Å². The Morgan fingerprint density at radius 2 is 1.41 bits per heavy atom. The van der Waals surface area contributed by atoms with Crippen LogP contribution in [-0.2, 0) is 17.9 Å². The molecule has 34 heavy (non-hydrogen) atoms. The zero-order valence-corrected chi connectivity index (χ0v) is 19.3. The molecule has 4 aromatic rings. The third-order valence-corrected chi connectivity index (χ3v) is 6.41. The van der Waals surface area contributed by atoms with Crippen molar-refractivity contribution >= 4 is 11.8 Å². The van der Waals surface area contributed by atoms with E-state index in [9.17, 15) is 4.79 Å². The minimum absolute atomic E-state index is 0.0183. The van der Waals surface area contributed by atoms with Crippen LogP contribution in [-0.4, -0.2) is 23.9 Å². The SMILES string of the molecule is O=C(C(c1ccccc1)c1ccccc1)N(Cc1ccco1)Cc1ccc(N2CCCCC2)o1. The van der Waals surface area contributed by atoms with Crippen LogP contribution < -0.4 is 4.90 Å². The van der Waals surface area contributed by atoms with E-state index < -0.39 is 5.92 Å². The molecule has 0 atom stereocenters. The summed E-state index contributed by atoms with van der Waals surface area (Å²) in [6.07, 6.45) is 5.30. The lowest BCUT2D eigenvalue weighted by molar-refractivity contribution is -0.133.